The number of benzene rings is 2. The molecule has 0 atom stereocenters. The van der Waals surface area contributed by atoms with E-state index in [1.165, 1.54) is 6.33 Å². The third kappa shape index (κ3) is 4.36. The Labute approximate surface area is 153 Å². The average molecular weight is 402 g/mol. The van der Waals surface area contributed by atoms with Gasteiger partial charge >= 0.3 is 0 Å². The topological polar surface area (TPSA) is 81.2 Å². The van der Waals surface area contributed by atoms with Crippen molar-refractivity contribution in [3.63, 3.8) is 0 Å². The Bertz CT molecular complexity index is 875. The Morgan fingerprint density at radius 1 is 0.840 bits per heavy atom. The molecule has 0 aliphatic carbocycles. The molecule has 0 aliphatic heterocycles. The second kappa shape index (κ2) is 7.80. The van der Waals surface area contributed by atoms with E-state index in [4.69, 9.17) is 9.47 Å². The number of rotatable bonds is 6. The highest BCUT2D eigenvalue weighted by Crippen LogP contribution is 2.30. The number of hydrogen-bond donors (Lipinski definition) is 2. The summed E-state index contributed by atoms with van der Waals surface area (Å²) in [5.41, 5.74) is 1.65. The first-order chi connectivity index (χ1) is 12.2. The van der Waals surface area contributed by atoms with Gasteiger partial charge in [-0.25, -0.2) is 9.97 Å². The number of aromatic nitrogens is 3. The van der Waals surface area contributed by atoms with Crippen molar-refractivity contribution in [3.05, 3.63) is 53.3 Å². The molecule has 2 N–H and O–H groups in total. The lowest BCUT2D eigenvalue weighted by molar-refractivity contribution is 0.355. The average Bonchev–Trinajstić information content (AvgIpc) is 2.62. The maximum Gasteiger partial charge on any atom is 0.232 e. The number of halogens is 1. The van der Waals surface area contributed by atoms with Crippen molar-refractivity contribution in [1.82, 2.24) is 15.0 Å². The van der Waals surface area contributed by atoms with E-state index in [-0.39, 0.29) is 0 Å². The highest BCUT2D eigenvalue weighted by Gasteiger charge is 2.07. The van der Waals surface area contributed by atoms with E-state index < -0.39 is 0 Å². The maximum atomic E-state index is 5.29. The first-order valence-electron chi connectivity index (χ1n) is 7.38. The number of ether oxygens (including phenoxy) is 2. The summed E-state index contributed by atoms with van der Waals surface area (Å²) >= 11 is 3.43. The van der Waals surface area contributed by atoms with Crippen LogP contribution < -0.4 is 20.1 Å². The highest BCUT2D eigenvalue weighted by atomic mass is 79.9. The van der Waals surface area contributed by atoms with Crippen LogP contribution in [0.3, 0.4) is 0 Å². The van der Waals surface area contributed by atoms with Crippen molar-refractivity contribution in [2.45, 2.75) is 0 Å². The van der Waals surface area contributed by atoms with Gasteiger partial charge in [-0.2, -0.15) is 4.98 Å². The number of nitrogens with one attached hydrogen (secondary N) is 2. The highest BCUT2D eigenvalue weighted by molar-refractivity contribution is 9.10. The van der Waals surface area contributed by atoms with E-state index >= 15 is 0 Å². The van der Waals surface area contributed by atoms with Crippen LogP contribution in [0.2, 0.25) is 0 Å². The van der Waals surface area contributed by atoms with Gasteiger partial charge in [0.05, 0.1) is 14.2 Å². The van der Waals surface area contributed by atoms with Crippen molar-refractivity contribution in [2.75, 3.05) is 24.9 Å². The molecule has 1 aromatic heterocycles. The van der Waals surface area contributed by atoms with Crippen molar-refractivity contribution in [3.8, 4) is 11.5 Å². The Hall–Kier alpha value is -2.87. The van der Waals surface area contributed by atoms with Crippen LogP contribution >= 0.6 is 15.9 Å². The normalized spacial score (nSPS) is 10.2. The fourth-order valence-corrected chi connectivity index (χ4v) is 2.55. The Kier molecular flexibility index (Phi) is 5.30. The zero-order chi connectivity index (χ0) is 17.6. The summed E-state index contributed by atoms with van der Waals surface area (Å²) in [7, 11) is 3.18. The predicted molar refractivity (Wildman–Crippen MR) is 100 cm³/mol. The number of nitrogens with zero attached hydrogens (tertiary/aromatic N) is 3. The Balaban J connectivity index is 1.78. The standard InChI is InChI=1S/C17H16BrN5O2/c1-24-14-7-6-13(9-15(14)25-2)22-17-20-10-19-16(23-17)21-12-5-3-4-11(18)8-12/h3-10H,1-2H3,(H2,19,20,21,22,23). The summed E-state index contributed by atoms with van der Waals surface area (Å²) in [5.74, 6) is 2.13. The molecule has 25 heavy (non-hydrogen) atoms. The second-order valence-electron chi connectivity index (χ2n) is 4.96. The molecule has 0 bridgehead atoms. The van der Waals surface area contributed by atoms with Crippen LogP contribution in [0.5, 0.6) is 11.5 Å². The van der Waals surface area contributed by atoms with Gasteiger partial charge in [-0.05, 0) is 30.3 Å². The van der Waals surface area contributed by atoms with E-state index in [2.05, 4.69) is 41.5 Å². The molecule has 0 unspecified atom stereocenters. The molecule has 7 nitrogen and oxygen atoms in total. The zero-order valence-electron chi connectivity index (χ0n) is 13.7. The second-order valence-corrected chi connectivity index (χ2v) is 5.88. The lowest BCUT2D eigenvalue weighted by Gasteiger charge is -2.11. The van der Waals surface area contributed by atoms with Gasteiger partial charge in [-0.3, -0.25) is 0 Å². The van der Waals surface area contributed by atoms with Gasteiger partial charge in [0.25, 0.3) is 0 Å². The predicted octanol–water partition coefficient (Wildman–Crippen LogP) is 4.14. The molecule has 0 amide bonds. The van der Waals surface area contributed by atoms with Crippen molar-refractivity contribution in [1.29, 1.82) is 0 Å². The molecule has 3 aromatic rings. The third-order valence-electron chi connectivity index (χ3n) is 3.29. The van der Waals surface area contributed by atoms with Crippen LogP contribution in [0.4, 0.5) is 23.3 Å². The van der Waals surface area contributed by atoms with Gasteiger partial charge in [0.1, 0.15) is 6.33 Å². The maximum absolute atomic E-state index is 5.29. The molecule has 1 heterocycles. The van der Waals surface area contributed by atoms with E-state index in [1.54, 1.807) is 14.2 Å². The summed E-state index contributed by atoms with van der Waals surface area (Å²) in [4.78, 5) is 12.6. The van der Waals surface area contributed by atoms with Crippen LogP contribution in [-0.2, 0) is 0 Å². The molecule has 0 fully saturated rings. The minimum absolute atomic E-state index is 0.416. The fourth-order valence-electron chi connectivity index (χ4n) is 2.16. The van der Waals surface area contributed by atoms with Gasteiger partial charge in [-0.1, -0.05) is 22.0 Å². The van der Waals surface area contributed by atoms with Crippen molar-refractivity contribution >= 4 is 39.2 Å². The van der Waals surface area contributed by atoms with Gasteiger partial charge in [0, 0.05) is 21.9 Å². The van der Waals surface area contributed by atoms with Gasteiger partial charge in [-0.15, -0.1) is 0 Å². The van der Waals surface area contributed by atoms with Crippen LogP contribution in [0, 0.1) is 0 Å². The molecular weight excluding hydrogens is 386 g/mol. The summed E-state index contributed by atoms with van der Waals surface area (Å²) in [6.45, 7) is 0. The number of methoxy groups -OCH3 is 2. The first-order valence-corrected chi connectivity index (χ1v) is 8.18. The summed E-state index contributed by atoms with van der Waals surface area (Å²) in [5, 5.41) is 6.26. The van der Waals surface area contributed by atoms with E-state index in [1.807, 2.05) is 42.5 Å². The lowest BCUT2D eigenvalue weighted by atomic mass is 10.3. The minimum atomic E-state index is 0.416. The first kappa shape index (κ1) is 17.0. The van der Waals surface area contributed by atoms with Gasteiger partial charge in [0.2, 0.25) is 11.9 Å². The molecule has 0 saturated carbocycles. The minimum Gasteiger partial charge on any atom is -0.493 e. The number of anilines is 4. The largest absolute Gasteiger partial charge is 0.493 e. The van der Waals surface area contributed by atoms with Crippen molar-refractivity contribution < 1.29 is 9.47 Å². The molecule has 0 radical (unpaired) electrons. The molecular formula is C17H16BrN5O2. The molecule has 2 aromatic carbocycles. The van der Waals surface area contributed by atoms with E-state index in [0.29, 0.717) is 23.4 Å². The van der Waals surface area contributed by atoms with E-state index in [9.17, 15) is 0 Å². The Morgan fingerprint density at radius 3 is 2.16 bits per heavy atom. The summed E-state index contributed by atoms with van der Waals surface area (Å²) in [6, 6.07) is 13.2. The zero-order valence-corrected chi connectivity index (χ0v) is 15.2. The molecule has 0 saturated heterocycles. The number of hydrogen-bond acceptors (Lipinski definition) is 7. The molecule has 0 spiro atoms. The quantitative estimate of drug-likeness (QED) is 0.642. The van der Waals surface area contributed by atoms with Crippen LogP contribution in [0.15, 0.2) is 53.3 Å². The van der Waals surface area contributed by atoms with Gasteiger partial charge in [0.15, 0.2) is 11.5 Å². The smallest absolute Gasteiger partial charge is 0.232 e. The third-order valence-corrected chi connectivity index (χ3v) is 3.79. The van der Waals surface area contributed by atoms with Crippen LogP contribution in [0.1, 0.15) is 0 Å². The molecule has 0 aliphatic rings. The lowest BCUT2D eigenvalue weighted by Crippen LogP contribution is -2.03. The monoisotopic (exact) mass is 401 g/mol. The van der Waals surface area contributed by atoms with Crippen molar-refractivity contribution in [2.24, 2.45) is 0 Å². The molecule has 8 heteroatoms. The summed E-state index contributed by atoms with van der Waals surface area (Å²) in [6.07, 6.45) is 1.44. The van der Waals surface area contributed by atoms with Gasteiger partial charge < -0.3 is 20.1 Å². The van der Waals surface area contributed by atoms with Crippen LogP contribution in [-0.4, -0.2) is 29.2 Å². The SMILES string of the molecule is COc1ccc(Nc2ncnc(Nc3cccc(Br)c3)n2)cc1OC. The molecule has 128 valence electrons. The Morgan fingerprint density at radius 2 is 1.52 bits per heavy atom. The fraction of sp³-hybridized carbons (Fsp3) is 0.118. The molecule has 3 rings (SSSR count). The van der Waals surface area contributed by atoms with E-state index in [0.717, 1.165) is 15.8 Å². The summed E-state index contributed by atoms with van der Waals surface area (Å²) < 4.78 is 11.5. The van der Waals surface area contributed by atoms with Crippen LogP contribution in [0.25, 0.3) is 0 Å².